The molecular formula is C13H24N2O. The molecule has 1 heterocycles. The number of rotatable bonds is 6. The lowest BCUT2D eigenvalue weighted by atomic mass is 9.94. The predicted molar refractivity (Wildman–Crippen MR) is 66.3 cm³/mol. The smallest absolute Gasteiger partial charge is 0.0628 e. The van der Waals surface area contributed by atoms with E-state index in [4.69, 9.17) is 0 Å². The third kappa shape index (κ3) is 3.97. The van der Waals surface area contributed by atoms with Crippen LogP contribution in [0.5, 0.6) is 0 Å². The molecule has 0 aliphatic heterocycles. The van der Waals surface area contributed by atoms with Crippen LogP contribution in [0.4, 0.5) is 0 Å². The lowest BCUT2D eigenvalue weighted by Crippen LogP contribution is -2.13. The Kier molecular flexibility index (Phi) is 5.00. The minimum atomic E-state index is 0.257. The van der Waals surface area contributed by atoms with Crippen molar-refractivity contribution in [3.63, 3.8) is 0 Å². The fourth-order valence-corrected chi connectivity index (χ4v) is 1.96. The van der Waals surface area contributed by atoms with Crippen molar-refractivity contribution in [2.24, 2.45) is 11.8 Å². The van der Waals surface area contributed by atoms with Gasteiger partial charge in [0.25, 0.3) is 0 Å². The van der Waals surface area contributed by atoms with Gasteiger partial charge in [0.1, 0.15) is 0 Å². The summed E-state index contributed by atoms with van der Waals surface area (Å²) in [5.41, 5.74) is 1.09. The van der Waals surface area contributed by atoms with Crippen LogP contribution >= 0.6 is 0 Å². The number of hydrogen-bond donors (Lipinski definition) is 1. The van der Waals surface area contributed by atoms with Gasteiger partial charge < -0.3 is 5.11 Å². The highest BCUT2D eigenvalue weighted by atomic mass is 16.3. The summed E-state index contributed by atoms with van der Waals surface area (Å²) in [4.78, 5) is 0. The van der Waals surface area contributed by atoms with Gasteiger partial charge >= 0.3 is 0 Å². The monoisotopic (exact) mass is 224 g/mol. The van der Waals surface area contributed by atoms with Crippen LogP contribution in [0.25, 0.3) is 0 Å². The van der Waals surface area contributed by atoms with E-state index in [2.05, 4.69) is 38.9 Å². The van der Waals surface area contributed by atoms with Crippen LogP contribution in [0.3, 0.4) is 0 Å². The zero-order valence-electron chi connectivity index (χ0n) is 10.8. The second-order valence-electron chi connectivity index (χ2n) is 5.26. The Hall–Kier alpha value is -0.830. The van der Waals surface area contributed by atoms with Crippen molar-refractivity contribution in [1.29, 1.82) is 0 Å². The summed E-state index contributed by atoms with van der Waals surface area (Å²) in [5, 5.41) is 13.8. The number of nitrogens with zero attached hydrogens (tertiary/aromatic N) is 2. The van der Waals surface area contributed by atoms with Crippen molar-refractivity contribution in [2.45, 2.75) is 46.6 Å². The van der Waals surface area contributed by atoms with Crippen LogP contribution in [0, 0.1) is 11.8 Å². The molecule has 1 unspecified atom stereocenters. The molecule has 92 valence electrons. The first kappa shape index (κ1) is 13.2. The summed E-state index contributed by atoms with van der Waals surface area (Å²) >= 11 is 0. The lowest BCUT2D eigenvalue weighted by molar-refractivity contribution is 0.204. The van der Waals surface area contributed by atoms with E-state index < -0.39 is 0 Å². The van der Waals surface area contributed by atoms with Gasteiger partial charge in [-0.3, -0.25) is 4.68 Å². The van der Waals surface area contributed by atoms with E-state index in [0.717, 1.165) is 18.5 Å². The molecule has 1 atom stereocenters. The summed E-state index contributed by atoms with van der Waals surface area (Å²) in [6, 6.07) is 2.47. The number of hydrogen-bond acceptors (Lipinski definition) is 2. The van der Waals surface area contributed by atoms with Gasteiger partial charge in [-0.05, 0) is 44.6 Å². The zero-order chi connectivity index (χ0) is 12.1. The van der Waals surface area contributed by atoms with E-state index in [1.165, 1.54) is 0 Å². The molecule has 16 heavy (non-hydrogen) atoms. The van der Waals surface area contributed by atoms with Crippen LogP contribution in [-0.4, -0.2) is 21.5 Å². The van der Waals surface area contributed by atoms with Crippen molar-refractivity contribution >= 4 is 0 Å². The molecule has 1 aromatic rings. The fourth-order valence-electron chi connectivity index (χ4n) is 1.96. The molecule has 0 amide bonds. The Balaban J connectivity index is 2.56. The molecular weight excluding hydrogens is 200 g/mol. The Morgan fingerprint density at radius 3 is 2.44 bits per heavy atom. The maximum absolute atomic E-state index is 9.32. The van der Waals surface area contributed by atoms with Crippen molar-refractivity contribution in [2.75, 3.05) is 6.61 Å². The zero-order valence-corrected chi connectivity index (χ0v) is 10.8. The molecule has 1 aromatic heterocycles. The topological polar surface area (TPSA) is 38.0 Å². The van der Waals surface area contributed by atoms with Crippen molar-refractivity contribution in [3.05, 3.63) is 18.0 Å². The normalized spacial score (nSPS) is 13.7. The molecule has 1 N–H and O–H groups in total. The molecule has 3 heteroatoms. The predicted octanol–water partition coefficient (Wildman–Crippen LogP) is 2.66. The SMILES string of the molecule is CC(C)CC(CO)Cc1ccn(C(C)C)n1. The molecule has 0 saturated heterocycles. The van der Waals surface area contributed by atoms with Gasteiger partial charge in [0.2, 0.25) is 0 Å². The first-order chi connectivity index (χ1) is 7.52. The minimum absolute atomic E-state index is 0.257. The quantitative estimate of drug-likeness (QED) is 0.806. The average Bonchev–Trinajstić information content (AvgIpc) is 2.64. The van der Waals surface area contributed by atoms with Crippen LogP contribution in [0.15, 0.2) is 12.3 Å². The van der Waals surface area contributed by atoms with Gasteiger partial charge in [-0.1, -0.05) is 13.8 Å². The minimum Gasteiger partial charge on any atom is -0.396 e. The van der Waals surface area contributed by atoms with E-state index in [1.807, 2.05) is 10.9 Å². The molecule has 0 spiro atoms. The van der Waals surface area contributed by atoms with Gasteiger partial charge in [0, 0.05) is 18.8 Å². The molecule has 0 bridgehead atoms. The maximum Gasteiger partial charge on any atom is 0.0628 e. The van der Waals surface area contributed by atoms with E-state index in [9.17, 15) is 5.11 Å². The van der Waals surface area contributed by atoms with Crippen molar-refractivity contribution in [1.82, 2.24) is 9.78 Å². The molecule has 0 aliphatic carbocycles. The summed E-state index contributed by atoms with van der Waals surface area (Å²) in [6.07, 6.45) is 3.96. The highest BCUT2D eigenvalue weighted by molar-refractivity contribution is 5.01. The largest absolute Gasteiger partial charge is 0.396 e. The first-order valence-electron chi connectivity index (χ1n) is 6.17. The first-order valence-corrected chi connectivity index (χ1v) is 6.17. The number of aliphatic hydroxyl groups is 1. The molecule has 1 rings (SSSR count). The maximum atomic E-state index is 9.32. The molecule has 0 aliphatic rings. The Morgan fingerprint density at radius 2 is 2.00 bits per heavy atom. The van der Waals surface area contributed by atoms with Crippen molar-refractivity contribution in [3.8, 4) is 0 Å². The lowest BCUT2D eigenvalue weighted by Gasteiger charge is -2.15. The Labute approximate surface area is 98.5 Å². The molecule has 0 fully saturated rings. The van der Waals surface area contributed by atoms with Crippen LogP contribution in [0.1, 0.15) is 45.9 Å². The highest BCUT2D eigenvalue weighted by Crippen LogP contribution is 2.16. The van der Waals surface area contributed by atoms with Crippen LogP contribution < -0.4 is 0 Å². The number of aromatic nitrogens is 2. The molecule has 0 saturated carbocycles. The number of aliphatic hydroxyl groups excluding tert-OH is 1. The summed E-state index contributed by atoms with van der Waals surface area (Å²) in [6.45, 7) is 8.88. The third-order valence-electron chi connectivity index (χ3n) is 2.75. The van der Waals surface area contributed by atoms with E-state index in [-0.39, 0.29) is 6.61 Å². The second-order valence-corrected chi connectivity index (χ2v) is 5.26. The van der Waals surface area contributed by atoms with Crippen molar-refractivity contribution < 1.29 is 5.11 Å². The Morgan fingerprint density at radius 1 is 1.31 bits per heavy atom. The van der Waals surface area contributed by atoms with Gasteiger partial charge in [-0.25, -0.2) is 0 Å². The van der Waals surface area contributed by atoms with Gasteiger partial charge in [-0.15, -0.1) is 0 Å². The van der Waals surface area contributed by atoms with Gasteiger partial charge in [0.15, 0.2) is 0 Å². The van der Waals surface area contributed by atoms with Gasteiger partial charge in [-0.2, -0.15) is 5.10 Å². The van der Waals surface area contributed by atoms with E-state index in [1.54, 1.807) is 0 Å². The van der Waals surface area contributed by atoms with E-state index in [0.29, 0.717) is 17.9 Å². The molecule has 3 nitrogen and oxygen atoms in total. The summed E-state index contributed by atoms with van der Waals surface area (Å²) < 4.78 is 1.97. The summed E-state index contributed by atoms with van der Waals surface area (Å²) in [7, 11) is 0. The fraction of sp³-hybridized carbons (Fsp3) is 0.769. The van der Waals surface area contributed by atoms with Crippen LogP contribution in [-0.2, 0) is 6.42 Å². The Bertz CT molecular complexity index is 305. The molecule has 0 radical (unpaired) electrons. The standard InChI is InChI=1S/C13H24N2O/c1-10(2)7-12(9-16)8-13-5-6-15(14-13)11(3)4/h5-6,10-12,16H,7-9H2,1-4H3. The van der Waals surface area contributed by atoms with Gasteiger partial charge in [0.05, 0.1) is 5.69 Å². The highest BCUT2D eigenvalue weighted by Gasteiger charge is 2.12. The van der Waals surface area contributed by atoms with Crippen LogP contribution in [0.2, 0.25) is 0 Å². The average molecular weight is 224 g/mol. The molecule has 0 aromatic carbocycles. The summed E-state index contributed by atoms with van der Waals surface area (Å²) in [5.74, 6) is 0.972. The van der Waals surface area contributed by atoms with E-state index >= 15 is 0 Å². The second kappa shape index (κ2) is 6.04. The third-order valence-corrected chi connectivity index (χ3v) is 2.75.